The highest BCUT2D eigenvalue weighted by molar-refractivity contribution is 6.02. The molecule has 2 saturated heterocycles. The molecule has 2 aliphatic rings. The van der Waals surface area contributed by atoms with Crippen LogP contribution in [-0.4, -0.2) is 37.2 Å². The molecule has 2 atom stereocenters. The van der Waals surface area contributed by atoms with Crippen LogP contribution in [0.3, 0.4) is 0 Å². The number of nitrogens with one attached hydrogen (secondary N) is 2. The van der Waals surface area contributed by atoms with Crippen LogP contribution in [0.15, 0.2) is 18.2 Å². The summed E-state index contributed by atoms with van der Waals surface area (Å²) in [5, 5.41) is 5.73. The van der Waals surface area contributed by atoms with Gasteiger partial charge in [-0.2, -0.15) is 0 Å². The number of hydrogen-bond acceptors (Lipinski definition) is 4. The summed E-state index contributed by atoms with van der Waals surface area (Å²) in [5.41, 5.74) is 2.18. The molecule has 0 spiro atoms. The molecule has 6 nitrogen and oxygen atoms in total. The lowest BCUT2D eigenvalue weighted by Crippen LogP contribution is -2.29. The summed E-state index contributed by atoms with van der Waals surface area (Å²) in [7, 11) is 0. The molecular formula is C17H22N2O4. The number of benzene rings is 1. The Balaban J connectivity index is 1.71. The summed E-state index contributed by atoms with van der Waals surface area (Å²) in [5.74, 6) is -0.334. The summed E-state index contributed by atoms with van der Waals surface area (Å²) >= 11 is 0. The lowest BCUT2D eigenvalue weighted by atomic mass is 10.1. The lowest BCUT2D eigenvalue weighted by molar-refractivity contribution is -0.125. The van der Waals surface area contributed by atoms with Gasteiger partial charge < -0.3 is 20.1 Å². The van der Waals surface area contributed by atoms with E-state index in [1.54, 1.807) is 6.07 Å². The Kier molecular flexibility index (Phi) is 4.93. The van der Waals surface area contributed by atoms with Crippen LogP contribution < -0.4 is 10.6 Å². The summed E-state index contributed by atoms with van der Waals surface area (Å²) in [6.45, 7) is 3.18. The number of ether oxygens (including phenoxy) is 2. The first-order chi connectivity index (χ1) is 11.1. The molecule has 2 heterocycles. The highest BCUT2D eigenvalue weighted by Gasteiger charge is 2.26. The van der Waals surface area contributed by atoms with E-state index < -0.39 is 12.2 Å². The molecule has 2 fully saturated rings. The number of carbonyl (C=O) groups is 2. The molecule has 0 radical (unpaired) electrons. The van der Waals surface area contributed by atoms with E-state index in [2.05, 4.69) is 10.6 Å². The van der Waals surface area contributed by atoms with Crippen molar-refractivity contribution in [1.29, 1.82) is 0 Å². The predicted octanol–water partition coefficient (Wildman–Crippen LogP) is 2.23. The standard InChI is InChI=1S/C17H22N2O4/c1-11-6-7-12(18-16(20)14-4-2-8-22-14)13(10-11)19-17(21)15-5-3-9-23-15/h6-7,10,14-15H,2-5,8-9H2,1H3,(H,18,20)(H,19,21)/t14-,15+/m1/s1. The molecule has 23 heavy (non-hydrogen) atoms. The van der Waals surface area contributed by atoms with Crippen molar-refractivity contribution in [3.8, 4) is 0 Å². The van der Waals surface area contributed by atoms with Crippen molar-refractivity contribution >= 4 is 23.2 Å². The van der Waals surface area contributed by atoms with Gasteiger partial charge in [0, 0.05) is 13.2 Å². The number of anilines is 2. The van der Waals surface area contributed by atoms with Gasteiger partial charge in [-0.1, -0.05) is 6.07 Å². The van der Waals surface area contributed by atoms with Crippen molar-refractivity contribution in [2.75, 3.05) is 23.8 Å². The van der Waals surface area contributed by atoms with Gasteiger partial charge in [-0.3, -0.25) is 9.59 Å². The Labute approximate surface area is 135 Å². The Bertz CT molecular complexity index is 590. The van der Waals surface area contributed by atoms with Crippen LogP contribution in [-0.2, 0) is 19.1 Å². The van der Waals surface area contributed by atoms with Gasteiger partial charge >= 0.3 is 0 Å². The van der Waals surface area contributed by atoms with E-state index in [-0.39, 0.29) is 11.8 Å². The molecule has 6 heteroatoms. The average molecular weight is 318 g/mol. The van der Waals surface area contributed by atoms with Gasteiger partial charge in [-0.15, -0.1) is 0 Å². The maximum atomic E-state index is 12.2. The largest absolute Gasteiger partial charge is 0.368 e. The summed E-state index contributed by atoms with van der Waals surface area (Å²) in [4.78, 5) is 24.5. The Morgan fingerprint density at radius 2 is 1.52 bits per heavy atom. The zero-order valence-electron chi connectivity index (χ0n) is 13.3. The van der Waals surface area contributed by atoms with E-state index in [4.69, 9.17) is 9.47 Å². The highest BCUT2D eigenvalue weighted by Crippen LogP contribution is 2.26. The van der Waals surface area contributed by atoms with Crippen LogP contribution in [0.4, 0.5) is 11.4 Å². The van der Waals surface area contributed by atoms with Gasteiger partial charge in [0.15, 0.2) is 0 Å². The molecule has 0 aromatic heterocycles. The summed E-state index contributed by atoms with van der Waals surface area (Å²) < 4.78 is 10.8. The van der Waals surface area contributed by atoms with E-state index in [0.29, 0.717) is 24.6 Å². The first-order valence-electron chi connectivity index (χ1n) is 8.09. The van der Waals surface area contributed by atoms with Crippen LogP contribution in [0, 0.1) is 6.92 Å². The topological polar surface area (TPSA) is 76.7 Å². The first-order valence-corrected chi connectivity index (χ1v) is 8.09. The van der Waals surface area contributed by atoms with Gasteiger partial charge in [0.1, 0.15) is 12.2 Å². The van der Waals surface area contributed by atoms with Crippen molar-refractivity contribution in [1.82, 2.24) is 0 Å². The molecule has 1 aromatic rings. The number of hydrogen-bond donors (Lipinski definition) is 2. The van der Waals surface area contributed by atoms with E-state index >= 15 is 0 Å². The van der Waals surface area contributed by atoms with Gasteiger partial charge in [0.25, 0.3) is 11.8 Å². The van der Waals surface area contributed by atoms with Crippen molar-refractivity contribution in [2.24, 2.45) is 0 Å². The Hall–Kier alpha value is -1.92. The third-order valence-corrected chi connectivity index (χ3v) is 4.14. The fourth-order valence-electron chi connectivity index (χ4n) is 2.87. The molecule has 124 valence electrons. The first kappa shape index (κ1) is 16.0. The molecule has 2 aliphatic heterocycles. The molecular weight excluding hydrogens is 296 g/mol. The minimum atomic E-state index is -0.405. The Morgan fingerprint density at radius 3 is 2.04 bits per heavy atom. The molecule has 2 N–H and O–H groups in total. The highest BCUT2D eigenvalue weighted by atomic mass is 16.5. The average Bonchev–Trinajstić information content (AvgIpc) is 3.23. The van der Waals surface area contributed by atoms with Crippen LogP contribution in [0.5, 0.6) is 0 Å². The summed E-state index contributed by atoms with van der Waals surface area (Å²) in [6.07, 6.45) is 2.45. The van der Waals surface area contributed by atoms with E-state index in [1.807, 2.05) is 19.1 Å². The number of aryl methyl sites for hydroxylation is 1. The van der Waals surface area contributed by atoms with Gasteiger partial charge in [-0.05, 0) is 50.3 Å². The third kappa shape index (κ3) is 3.89. The maximum absolute atomic E-state index is 12.2. The monoisotopic (exact) mass is 318 g/mol. The van der Waals surface area contributed by atoms with Gasteiger partial charge in [-0.25, -0.2) is 0 Å². The van der Waals surface area contributed by atoms with E-state index in [0.717, 1.165) is 31.2 Å². The minimum absolute atomic E-state index is 0.166. The second-order valence-corrected chi connectivity index (χ2v) is 6.03. The van der Waals surface area contributed by atoms with E-state index in [1.165, 1.54) is 0 Å². The summed E-state index contributed by atoms with van der Waals surface area (Å²) in [6, 6.07) is 5.54. The van der Waals surface area contributed by atoms with Crippen molar-refractivity contribution < 1.29 is 19.1 Å². The van der Waals surface area contributed by atoms with Crippen LogP contribution in [0.25, 0.3) is 0 Å². The lowest BCUT2D eigenvalue weighted by Gasteiger charge is -2.17. The van der Waals surface area contributed by atoms with Crippen molar-refractivity contribution in [2.45, 2.75) is 44.8 Å². The van der Waals surface area contributed by atoms with Crippen LogP contribution in [0.1, 0.15) is 31.2 Å². The second-order valence-electron chi connectivity index (χ2n) is 6.03. The molecule has 1 aromatic carbocycles. The predicted molar refractivity (Wildman–Crippen MR) is 86.4 cm³/mol. The zero-order chi connectivity index (χ0) is 16.2. The number of carbonyl (C=O) groups excluding carboxylic acids is 2. The fraction of sp³-hybridized carbons (Fsp3) is 0.529. The molecule has 0 saturated carbocycles. The van der Waals surface area contributed by atoms with Crippen molar-refractivity contribution in [3.63, 3.8) is 0 Å². The van der Waals surface area contributed by atoms with Gasteiger partial charge in [0.2, 0.25) is 0 Å². The molecule has 0 bridgehead atoms. The second kappa shape index (κ2) is 7.10. The van der Waals surface area contributed by atoms with Crippen LogP contribution in [0.2, 0.25) is 0 Å². The van der Waals surface area contributed by atoms with Crippen LogP contribution >= 0.6 is 0 Å². The number of rotatable bonds is 4. The zero-order valence-corrected chi connectivity index (χ0v) is 13.3. The SMILES string of the molecule is Cc1ccc(NC(=O)[C@H]2CCCO2)c(NC(=O)[C@@H]2CCCO2)c1. The molecule has 0 aliphatic carbocycles. The third-order valence-electron chi connectivity index (χ3n) is 4.14. The number of amides is 2. The maximum Gasteiger partial charge on any atom is 0.253 e. The Morgan fingerprint density at radius 1 is 0.957 bits per heavy atom. The van der Waals surface area contributed by atoms with E-state index in [9.17, 15) is 9.59 Å². The van der Waals surface area contributed by atoms with Crippen molar-refractivity contribution in [3.05, 3.63) is 23.8 Å². The molecule has 3 rings (SSSR count). The normalized spacial score (nSPS) is 23.7. The quantitative estimate of drug-likeness (QED) is 0.892. The molecule has 2 amide bonds. The smallest absolute Gasteiger partial charge is 0.253 e. The van der Waals surface area contributed by atoms with Gasteiger partial charge in [0.05, 0.1) is 11.4 Å². The minimum Gasteiger partial charge on any atom is -0.368 e. The molecule has 0 unspecified atom stereocenters. The fourth-order valence-corrected chi connectivity index (χ4v) is 2.87.